The highest BCUT2D eigenvalue weighted by molar-refractivity contribution is 6.13. The van der Waals surface area contributed by atoms with Crippen LogP contribution in [-0.2, 0) is 6.42 Å². The third-order valence-corrected chi connectivity index (χ3v) is 9.21. The lowest BCUT2D eigenvalue weighted by Gasteiger charge is -2.13. The molecule has 0 fully saturated rings. The summed E-state index contributed by atoms with van der Waals surface area (Å²) < 4.78 is 2.27. The van der Waals surface area contributed by atoms with Crippen LogP contribution in [-0.4, -0.2) is 10.4 Å². The molecule has 220 valence electrons. The first-order valence-corrected chi connectivity index (χ1v) is 16.0. The van der Waals surface area contributed by atoms with Gasteiger partial charge in [-0.25, -0.2) is 4.99 Å². The van der Waals surface area contributed by atoms with E-state index in [-0.39, 0.29) is 0 Å². The van der Waals surface area contributed by atoms with Crippen LogP contribution in [0.15, 0.2) is 145 Å². The fourth-order valence-electron chi connectivity index (χ4n) is 7.14. The van der Waals surface area contributed by atoms with E-state index in [4.69, 9.17) is 4.99 Å². The van der Waals surface area contributed by atoms with Crippen molar-refractivity contribution in [1.29, 1.82) is 0 Å². The number of nitrogens with zero attached hydrogens (tertiary/aromatic N) is 2. The van der Waals surface area contributed by atoms with E-state index in [9.17, 15) is 0 Å². The molecule has 1 aliphatic heterocycles. The van der Waals surface area contributed by atoms with Gasteiger partial charge in [-0.2, -0.15) is 0 Å². The molecule has 6 aromatic rings. The van der Waals surface area contributed by atoms with E-state index in [1.807, 2.05) is 6.08 Å². The molecule has 0 unspecified atom stereocenters. The van der Waals surface area contributed by atoms with Crippen molar-refractivity contribution < 1.29 is 0 Å². The number of allylic oxidation sites excluding steroid dienone is 7. The summed E-state index contributed by atoms with van der Waals surface area (Å²) in [6, 6.07) is 34.9. The third-order valence-electron chi connectivity index (χ3n) is 9.21. The van der Waals surface area contributed by atoms with Gasteiger partial charge in [0.1, 0.15) is 5.84 Å². The summed E-state index contributed by atoms with van der Waals surface area (Å²) in [6.07, 6.45) is 21.2. The maximum absolute atomic E-state index is 5.32. The number of fused-ring (bicyclic) bond motifs is 7. The van der Waals surface area contributed by atoms with Crippen LogP contribution in [0.4, 0.5) is 0 Å². The van der Waals surface area contributed by atoms with Gasteiger partial charge in [0.2, 0.25) is 0 Å². The number of hydrogen-bond acceptors (Lipinski definition) is 1. The van der Waals surface area contributed by atoms with E-state index in [1.165, 1.54) is 54.8 Å². The number of rotatable bonds is 4. The molecule has 0 amide bonds. The minimum atomic E-state index is 0.725. The molecule has 46 heavy (non-hydrogen) atoms. The molecule has 0 N–H and O–H groups in total. The average Bonchev–Trinajstić information content (AvgIpc) is 3.29. The van der Waals surface area contributed by atoms with Crippen LogP contribution in [0.1, 0.15) is 46.9 Å². The maximum atomic E-state index is 5.32. The Kier molecular flexibility index (Phi) is 7.04. The Hall–Kier alpha value is -5.73. The fourth-order valence-corrected chi connectivity index (χ4v) is 7.14. The molecule has 0 spiro atoms. The molecular formula is C44H34N2. The summed E-state index contributed by atoms with van der Waals surface area (Å²) in [5.74, 6) is 0.982. The van der Waals surface area contributed by atoms with Gasteiger partial charge < -0.3 is 0 Å². The zero-order chi connectivity index (χ0) is 31.0. The lowest BCUT2D eigenvalue weighted by molar-refractivity contribution is 1.13. The molecule has 8 rings (SSSR count). The van der Waals surface area contributed by atoms with Crippen molar-refractivity contribution in [1.82, 2.24) is 4.57 Å². The predicted molar refractivity (Wildman–Crippen MR) is 200 cm³/mol. The van der Waals surface area contributed by atoms with Gasteiger partial charge in [0.15, 0.2) is 0 Å². The standard InChI is InChI=1S/C44H34N2/c1-3-14-39-40-21-9-11-23-43(40)46(42(39)4-2)44-24-12-10-22-41(45-44)32-16-13-15-31(29-32)30-25-27-37-35-19-7-5-17-33(35)34-18-6-8-20-36(34)38(37)28-26-30/h3-23,25-27,29H,2,24,28H2,1H3/b14-3-. The highest BCUT2D eigenvalue weighted by Gasteiger charge is 2.19. The normalized spacial score (nSPS) is 14.7. The van der Waals surface area contributed by atoms with Crippen LogP contribution in [0.3, 0.4) is 0 Å². The van der Waals surface area contributed by atoms with Gasteiger partial charge in [0, 0.05) is 22.9 Å². The molecule has 0 bridgehead atoms. The van der Waals surface area contributed by atoms with Crippen molar-refractivity contribution in [3.8, 4) is 0 Å². The molecule has 0 saturated carbocycles. The summed E-state index contributed by atoms with van der Waals surface area (Å²) in [5.41, 5.74) is 10.5. The Morgan fingerprint density at radius 3 is 2.26 bits per heavy atom. The van der Waals surface area contributed by atoms with Crippen LogP contribution in [0.2, 0.25) is 0 Å². The number of para-hydroxylation sites is 1. The van der Waals surface area contributed by atoms with E-state index in [2.05, 4.69) is 164 Å². The van der Waals surface area contributed by atoms with Crippen LogP contribution < -0.4 is 0 Å². The van der Waals surface area contributed by atoms with E-state index in [0.29, 0.717) is 0 Å². The van der Waals surface area contributed by atoms with Crippen LogP contribution in [0.5, 0.6) is 0 Å². The second kappa shape index (κ2) is 11.6. The summed E-state index contributed by atoms with van der Waals surface area (Å²) in [4.78, 5) is 5.32. The van der Waals surface area contributed by atoms with Crippen LogP contribution >= 0.6 is 0 Å². The smallest absolute Gasteiger partial charge is 0.118 e. The molecule has 2 nitrogen and oxygen atoms in total. The fraction of sp³-hybridized carbons (Fsp3) is 0.0682. The third kappa shape index (κ3) is 4.62. The van der Waals surface area contributed by atoms with Gasteiger partial charge in [-0.15, -0.1) is 0 Å². The van der Waals surface area contributed by atoms with E-state index >= 15 is 0 Å². The average molecular weight is 591 g/mol. The largest absolute Gasteiger partial charge is 0.297 e. The predicted octanol–water partition coefficient (Wildman–Crippen LogP) is 11.5. The van der Waals surface area contributed by atoms with Crippen molar-refractivity contribution in [2.75, 3.05) is 0 Å². The SMILES string of the molecule is C=Cc1c(/C=C\C)c2ccccc2n1C1=NC(c2cccc(C3=CCc4c(c5ccccc5c5ccccc45)C=C3)c2)=CC=CC1. The molecule has 1 aliphatic carbocycles. The van der Waals surface area contributed by atoms with Gasteiger partial charge in [0.25, 0.3) is 0 Å². The summed E-state index contributed by atoms with van der Waals surface area (Å²) in [6.45, 7) is 6.25. The number of aromatic nitrogens is 1. The molecular weight excluding hydrogens is 556 g/mol. The zero-order valence-electron chi connectivity index (χ0n) is 25.9. The van der Waals surface area contributed by atoms with E-state index in [0.717, 1.165) is 41.1 Å². The van der Waals surface area contributed by atoms with Crippen molar-refractivity contribution in [2.45, 2.75) is 19.8 Å². The minimum Gasteiger partial charge on any atom is -0.297 e. The van der Waals surface area contributed by atoms with Crippen molar-refractivity contribution >= 4 is 67.8 Å². The number of benzene rings is 5. The molecule has 0 radical (unpaired) electrons. The van der Waals surface area contributed by atoms with Crippen LogP contribution in [0.25, 0.3) is 61.9 Å². The van der Waals surface area contributed by atoms with Crippen molar-refractivity contribution in [3.05, 3.63) is 174 Å². The monoisotopic (exact) mass is 590 g/mol. The van der Waals surface area contributed by atoms with E-state index in [1.54, 1.807) is 0 Å². The molecule has 2 heteroatoms. The Morgan fingerprint density at radius 1 is 0.739 bits per heavy atom. The summed E-state index contributed by atoms with van der Waals surface area (Å²) >= 11 is 0. The minimum absolute atomic E-state index is 0.725. The van der Waals surface area contributed by atoms with Crippen molar-refractivity contribution in [3.63, 3.8) is 0 Å². The molecule has 0 atom stereocenters. The molecule has 2 heterocycles. The molecule has 5 aromatic carbocycles. The lowest BCUT2D eigenvalue weighted by Crippen LogP contribution is -2.13. The first-order chi connectivity index (χ1) is 22.7. The Labute approximate surface area is 270 Å². The quantitative estimate of drug-likeness (QED) is 0.182. The summed E-state index contributed by atoms with van der Waals surface area (Å²) in [5, 5.41) is 6.47. The van der Waals surface area contributed by atoms with Crippen molar-refractivity contribution in [2.24, 2.45) is 4.99 Å². The first kappa shape index (κ1) is 27.8. The molecule has 0 saturated heterocycles. The van der Waals surface area contributed by atoms with Gasteiger partial charge in [-0.05, 0) is 81.4 Å². The maximum Gasteiger partial charge on any atom is 0.118 e. The molecule has 1 aromatic heterocycles. The Morgan fingerprint density at radius 2 is 1.46 bits per heavy atom. The van der Waals surface area contributed by atoms with E-state index < -0.39 is 0 Å². The highest BCUT2D eigenvalue weighted by atomic mass is 15.1. The van der Waals surface area contributed by atoms with Gasteiger partial charge in [0.05, 0.1) is 16.9 Å². The zero-order valence-corrected chi connectivity index (χ0v) is 25.9. The van der Waals surface area contributed by atoms with Gasteiger partial charge >= 0.3 is 0 Å². The van der Waals surface area contributed by atoms with Gasteiger partial charge in [-0.3, -0.25) is 4.57 Å². The lowest BCUT2D eigenvalue weighted by atomic mass is 9.90. The Balaban J connectivity index is 1.20. The second-order valence-corrected chi connectivity index (χ2v) is 11.8. The Bertz CT molecular complexity index is 2380. The highest BCUT2D eigenvalue weighted by Crippen LogP contribution is 2.37. The second-order valence-electron chi connectivity index (χ2n) is 11.8. The first-order valence-electron chi connectivity index (χ1n) is 16.0. The van der Waals surface area contributed by atoms with Gasteiger partial charge in [-0.1, -0.05) is 134 Å². The van der Waals surface area contributed by atoms with Crippen LogP contribution in [0, 0.1) is 0 Å². The number of hydrogen-bond donors (Lipinski definition) is 0. The summed E-state index contributed by atoms with van der Waals surface area (Å²) in [7, 11) is 0. The number of aliphatic imine (C=N–C) groups is 1. The topological polar surface area (TPSA) is 17.3 Å². The molecule has 2 aliphatic rings.